The van der Waals surface area contributed by atoms with Gasteiger partial charge in [0.15, 0.2) is 0 Å². The van der Waals surface area contributed by atoms with Gasteiger partial charge >= 0.3 is 14.2 Å². The summed E-state index contributed by atoms with van der Waals surface area (Å²) in [6.45, 7) is 0. The number of hydrogen-bond donors (Lipinski definition) is 4. The molecular formula is C14H18B2O6. The van der Waals surface area contributed by atoms with Gasteiger partial charge < -0.3 is 29.6 Å². The van der Waals surface area contributed by atoms with Crippen LogP contribution in [0.3, 0.4) is 0 Å². The predicted octanol–water partition coefficient (Wildman–Crippen LogP) is -1.25. The lowest BCUT2D eigenvalue weighted by molar-refractivity contribution is 0.403. The third-order valence-electron chi connectivity index (χ3n) is 2.81. The summed E-state index contributed by atoms with van der Waals surface area (Å²) in [6, 6.07) is 13.4. The lowest BCUT2D eigenvalue weighted by atomic mass is 9.80. The van der Waals surface area contributed by atoms with Crippen LogP contribution in [0.15, 0.2) is 48.5 Å². The molecule has 6 nitrogen and oxygen atoms in total. The first-order chi connectivity index (χ1) is 10.5. The summed E-state index contributed by atoms with van der Waals surface area (Å²) in [7, 11) is 0.126. The van der Waals surface area contributed by atoms with Crippen LogP contribution < -0.4 is 20.4 Å². The fourth-order valence-electron chi connectivity index (χ4n) is 1.68. The second-order valence-electron chi connectivity index (χ2n) is 4.27. The van der Waals surface area contributed by atoms with Gasteiger partial charge in [-0.15, -0.1) is 0 Å². The Labute approximate surface area is 129 Å². The third-order valence-corrected chi connectivity index (χ3v) is 2.81. The molecule has 2 rings (SSSR count). The van der Waals surface area contributed by atoms with E-state index in [2.05, 4.69) is 0 Å². The summed E-state index contributed by atoms with van der Waals surface area (Å²) >= 11 is 0. The lowest BCUT2D eigenvalue weighted by Crippen LogP contribution is -2.30. The Bertz CT molecular complexity index is 577. The van der Waals surface area contributed by atoms with Crippen molar-refractivity contribution in [2.45, 2.75) is 0 Å². The molecule has 0 bridgehead atoms. The van der Waals surface area contributed by atoms with E-state index in [9.17, 15) is 0 Å². The molecule has 0 fully saturated rings. The Morgan fingerprint density at radius 2 is 1.45 bits per heavy atom. The van der Waals surface area contributed by atoms with Gasteiger partial charge in [0.05, 0.1) is 14.2 Å². The standard InChI is InChI=1S/2C7H9BO3/c1-11-7-4-2-3-6(5-7)8(9)10;1-11-7-5-3-2-4-6(7)8(9)10/h2*2-5,9-10H,1H3. The van der Waals surface area contributed by atoms with Crippen LogP contribution in [0.1, 0.15) is 0 Å². The van der Waals surface area contributed by atoms with Crippen molar-refractivity contribution in [2.75, 3.05) is 14.2 Å². The van der Waals surface area contributed by atoms with E-state index < -0.39 is 14.2 Å². The van der Waals surface area contributed by atoms with E-state index >= 15 is 0 Å². The molecule has 0 unspecified atom stereocenters. The summed E-state index contributed by atoms with van der Waals surface area (Å²) in [4.78, 5) is 0. The Morgan fingerprint density at radius 1 is 0.773 bits per heavy atom. The topological polar surface area (TPSA) is 99.4 Å². The molecule has 0 aliphatic carbocycles. The SMILES string of the molecule is COc1cccc(B(O)O)c1.COc1ccccc1B(O)O. The molecule has 0 saturated carbocycles. The first-order valence-electron chi connectivity index (χ1n) is 6.48. The first kappa shape index (κ1) is 18.1. The predicted molar refractivity (Wildman–Crippen MR) is 85.6 cm³/mol. The summed E-state index contributed by atoms with van der Waals surface area (Å²) < 4.78 is 9.77. The quantitative estimate of drug-likeness (QED) is 0.527. The van der Waals surface area contributed by atoms with Gasteiger partial charge in [0, 0.05) is 5.46 Å². The summed E-state index contributed by atoms with van der Waals surface area (Å²) in [5.74, 6) is 1.11. The van der Waals surface area contributed by atoms with Gasteiger partial charge in [0.25, 0.3) is 0 Å². The van der Waals surface area contributed by atoms with Crippen molar-refractivity contribution in [2.24, 2.45) is 0 Å². The second-order valence-corrected chi connectivity index (χ2v) is 4.27. The van der Waals surface area contributed by atoms with Gasteiger partial charge in [0.1, 0.15) is 11.5 Å². The molecule has 4 N–H and O–H groups in total. The molecule has 0 saturated heterocycles. The summed E-state index contributed by atoms with van der Waals surface area (Å²) in [6.07, 6.45) is 0. The zero-order chi connectivity index (χ0) is 16.5. The van der Waals surface area contributed by atoms with Crippen LogP contribution in [-0.2, 0) is 0 Å². The Morgan fingerprint density at radius 3 is 1.95 bits per heavy atom. The molecule has 0 aliphatic heterocycles. The van der Waals surface area contributed by atoms with Crippen molar-refractivity contribution in [3.05, 3.63) is 48.5 Å². The molecule has 2 aromatic rings. The zero-order valence-electron chi connectivity index (χ0n) is 12.4. The minimum atomic E-state index is -1.47. The maximum absolute atomic E-state index is 8.81. The molecule has 0 aliphatic rings. The Kier molecular flexibility index (Phi) is 7.48. The fraction of sp³-hybridized carbons (Fsp3) is 0.143. The molecular weight excluding hydrogens is 286 g/mol. The second kappa shape index (κ2) is 9.11. The van der Waals surface area contributed by atoms with E-state index in [0.29, 0.717) is 22.4 Å². The normalized spacial score (nSPS) is 9.36. The smallest absolute Gasteiger partial charge is 0.492 e. The van der Waals surface area contributed by atoms with Gasteiger partial charge in [-0.25, -0.2) is 0 Å². The van der Waals surface area contributed by atoms with Gasteiger partial charge in [-0.3, -0.25) is 0 Å². The van der Waals surface area contributed by atoms with E-state index in [1.54, 1.807) is 48.5 Å². The largest absolute Gasteiger partial charge is 0.497 e. The van der Waals surface area contributed by atoms with Gasteiger partial charge in [0.2, 0.25) is 0 Å². The molecule has 0 radical (unpaired) electrons. The van der Waals surface area contributed by atoms with Crippen molar-refractivity contribution >= 4 is 25.2 Å². The molecule has 116 valence electrons. The number of hydrogen-bond acceptors (Lipinski definition) is 6. The van der Waals surface area contributed by atoms with E-state index in [4.69, 9.17) is 29.6 Å². The number of benzene rings is 2. The van der Waals surface area contributed by atoms with Crippen molar-refractivity contribution in [1.29, 1.82) is 0 Å². The van der Waals surface area contributed by atoms with Crippen LogP contribution in [0, 0.1) is 0 Å². The molecule has 8 heteroatoms. The van der Waals surface area contributed by atoms with Gasteiger partial charge in [-0.05, 0) is 23.7 Å². The van der Waals surface area contributed by atoms with E-state index in [0.717, 1.165) is 0 Å². The maximum atomic E-state index is 8.81. The van der Waals surface area contributed by atoms with E-state index in [-0.39, 0.29) is 0 Å². The van der Waals surface area contributed by atoms with Gasteiger partial charge in [-0.2, -0.15) is 0 Å². The highest BCUT2D eigenvalue weighted by molar-refractivity contribution is 6.59. The monoisotopic (exact) mass is 304 g/mol. The molecule has 0 atom stereocenters. The number of methoxy groups -OCH3 is 2. The summed E-state index contributed by atoms with van der Waals surface area (Å²) in [5, 5.41) is 35.1. The number of ether oxygens (including phenoxy) is 2. The molecule has 0 amide bonds. The minimum Gasteiger partial charge on any atom is -0.497 e. The highest BCUT2D eigenvalue weighted by Crippen LogP contribution is 2.05. The Hall–Kier alpha value is -1.99. The van der Waals surface area contributed by atoms with Crippen molar-refractivity contribution in [3.63, 3.8) is 0 Å². The molecule has 22 heavy (non-hydrogen) atoms. The lowest BCUT2D eigenvalue weighted by Gasteiger charge is -2.05. The average molecular weight is 304 g/mol. The van der Waals surface area contributed by atoms with E-state index in [1.165, 1.54) is 14.2 Å². The summed E-state index contributed by atoms with van der Waals surface area (Å²) in [5.41, 5.74) is 0.819. The maximum Gasteiger partial charge on any atom is 0.492 e. The zero-order valence-corrected chi connectivity index (χ0v) is 12.4. The highest BCUT2D eigenvalue weighted by Gasteiger charge is 2.15. The molecule has 0 heterocycles. The average Bonchev–Trinajstić information content (AvgIpc) is 2.55. The van der Waals surface area contributed by atoms with Crippen molar-refractivity contribution in [3.8, 4) is 11.5 Å². The number of para-hydroxylation sites is 1. The number of rotatable bonds is 4. The van der Waals surface area contributed by atoms with Crippen molar-refractivity contribution < 1.29 is 29.6 Å². The molecule has 0 spiro atoms. The highest BCUT2D eigenvalue weighted by atomic mass is 16.5. The van der Waals surface area contributed by atoms with Crippen LogP contribution in [0.25, 0.3) is 0 Å². The van der Waals surface area contributed by atoms with Crippen LogP contribution in [-0.4, -0.2) is 48.6 Å². The fourth-order valence-corrected chi connectivity index (χ4v) is 1.68. The van der Waals surface area contributed by atoms with Crippen LogP contribution >= 0.6 is 0 Å². The van der Waals surface area contributed by atoms with Crippen molar-refractivity contribution in [1.82, 2.24) is 0 Å². The minimum absolute atomic E-state index is 0.384. The molecule has 2 aromatic carbocycles. The van der Waals surface area contributed by atoms with E-state index in [1.807, 2.05) is 0 Å². The first-order valence-corrected chi connectivity index (χ1v) is 6.48. The van der Waals surface area contributed by atoms with Crippen LogP contribution in [0.4, 0.5) is 0 Å². The van der Waals surface area contributed by atoms with Gasteiger partial charge in [-0.1, -0.05) is 30.3 Å². The third kappa shape index (κ3) is 5.42. The Balaban J connectivity index is 0.000000220. The molecule has 0 aromatic heterocycles. The van der Waals surface area contributed by atoms with Crippen LogP contribution in [0.2, 0.25) is 0 Å². The van der Waals surface area contributed by atoms with Crippen LogP contribution in [0.5, 0.6) is 11.5 Å².